The van der Waals surface area contributed by atoms with Gasteiger partial charge in [0.2, 0.25) is 11.8 Å². The van der Waals surface area contributed by atoms with Crippen molar-refractivity contribution in [1.82, 2.24) is 10.2 Å². The second kappa shape index (κ2) is 10.6. The molecule has 0 atom stereocenters. The van der Waals surface area contributed by atoms with Crippen molar-refractivity contribution >= 4 is 11.8 Å². The van der Waals surface area contributed by atoms with Crippen LogP contribution in [0.5, 0.6) is 5.75 Å². The normalized spacial score (nSPS) is 13.7. The minimum absolute atomic E-state index is 0.0493. The van der Waals surface area contributed by atoms with Gasteiger partial charge in [-0.25, -0.2) is 0 Å². The van der Waals surface area contributed by atoms with Crippen molar-refractivity contribution in [2.45, 2.75) is 45.4 Å². The smallest absolute Gasteiger partial charge is 0.239 e. The highest BCUT2D eigenvalue weighted by atomic mass is 16.5. The van der Waals surface area contributed by atoms with Gasteiger partial charge in [0.1, 0.15) is 5.75 Å². The minimum atomic E-state index is -0.105. The van der Waals surface area contributed by atoms with E-state index in [0.29, 0.717) is 13.1 Å². The van der Waals surface area contributed by atoms with Gasteiger partial charge in [0.15, 0.2) is 0 Å². The Bertz CT molecular complexity index is 623. The molecule has 26 heavy (non-hydrogen) atoms. The van der Waals surface area contributed by atoms with E-state index in [1.165, 1.54) is 25.3 Å². The second-order valence-electron chi connectivity index (χ2n) is 6.75. The Labute approximate surface area is 156 Å². The Balaban J connectivity index is 1.72. The summed E-state index contributed by atoms with van der Waals surface area (Å²) in [7, 11) is 1.64. The lowest BCUT2D eigenvalue weighted by atomic mass is 9.97. The van der Waals surface area contributed by atoms with Crippen molar-refractivity contribution in [3.8, 4) is 5.75 Å². The van der Waals surface area contributed by atoms with Crippen molar-refractivity contribution in [3.05, 3.63) is 41.5 Å². The molecule has 0 radical (unpaired) electrons. The largest absolute Gasteiger partial charge is 0.497 e. The Hall–Kier alpha value is -2.30. The van der Waals surface area contributed by atoms with Gasteiger partial charge < -0.3 is 15.0 Å². The molecule has 0 saturated carbocycles. The van der Waals surface area contributed by atoms with E-state index in [2.05, 4.69) is 11.4 Å². The molecule has 0 fully saturated rings. The number of ether oxygens (including phenoxy) is 1. The molecular weight excluding hydrogens is 328 g/mol. The second-order valence-corrected chi connectivity index (χ2v) is 6.75. The van der Waals surface area contributed by atoms with Crippen molar-refractivity contribution in [1.29, 1.82) is 0 Å². The summed E-state index contributed by atoms with van der Waals surface area (Å²) in [5, 5.41) is 2.90. The van der Waals surface area contributed by atoms with Crippen molar-refractivity contribution < 1.29 is 14.3 Å². The summed E-state index contributed by atoms with van der Waals surface area (Å²) in [6, 6.07) is 7.80. The molecule has 1 aliphatic rings. The van der Waals surface area contributed by atoms with E-state index in [0.717, 1.165) is 37.0 Å². The van der Waals surface area contributed by atoms with Gasteiger partial charge in [-0.2, -0.15) is 0 Å². The Morgan fingerprint density at radius 3 is 2.54 bits per heavy atom. The molecule has 5 nitrogen and oxygen atoms in total. The molecule has 1 aromatic carbocycles. The van der Waals surface area contributed by atoms with Crippen LogP contribution in [0.4, 0.5) is 0 Å². The third-order valence-electron chi connectivity index (χ3n) is 4.76. The highest BCUT2D eigenvalue weighted by molar-refractivity contribution is 5.83. The lowest BCUT2D eigenvalue weighted by Crippen LogP contribution is -2.40. The molecule has 2 rings (SSSR count). The third-order valence-corrected chi connectivity index (χ3v) is 4.76. The molecule has 142 valence electrons. The van der Waals surface area contributed by atoms with E-state index in [9.17, 15) is 9.59 Å². The van der Waals surface area contributed by atoms with Crippen LogP contribution in [0.25, 0.3) is 0 Å². The molecule has 0 aliphatic heterocycles. The molecule has 5 heteroatoms. The maximum Gasteiger partial charge on any atom is 0.239 e. The number of nitrogens with one attached hydrogen (secondary N) is 1. The molecule has 0 spiro atoms. The lowest BCUT2D eigenvalue weighted by Gasteiger charge is -2.22. The quantitative estimate of drug-likeness (QED) is 0.690. The number of carbonyl (C=O) groups is 2. The number of rotatable bonds is 9. The summed E-state index contributed by atoms with van der Waals surface area (Å²) < 4.78 is 5.13. The summed E-state index contributed by atoms with van der Waals surface area (Å²) in [4.78, 5) is 25.6. The Kier molecular flexibility index (Phi) is 8.19. The first-order valence-corrected chi connectivity index (χ1v) is 9.41. The van der Waals surface area contributed by atoms with E-state index in [1.807, 2.05) is 24.3 Å². The lowest BCUT2D eigenvalue weighted by molar-refractivity contribution is -0.134. The van der Waals surface area contributed by atoms with Crippen LogP contribution in [-0.4, -0.2) is 43.5 Å². The summed E-state index contributed by atoms with van der Waals surface area (Å²) in [6.45, 7) is 2.83. The van der Waals surface area contributed by atoms with Crippen LogP contribution >= 0.6 is 0 Å². The van der Waals surface area contributed by atoms with E-state index < -0.39 is 0 Å². The fraction of sp³-hybridized carbons (Fsp3) is 0.524. The number of benzene rings is 1. The van der Waals surface area contributed by atoms with Gasteiger partial charge in [-0.3, -0.25) is 9.59 Å². The standard InChI is InChI=1S/C21H30N2O3/c1-17(24)23(15-13-18-6-4-3-5-7-18)16-21(25)22-14-12-19-8-10-20(26-2)11-9-19/h6,8-11H,3-5,7,12-16H2,1-2H3,(H,22,25). The Morgan fingerprint density at radius 1 is 1.15 bits per heavy atom. The monoisotopic (exact) mass is 358 g/mol. The predicted molar refractivity (Wildman–Crippen MR) is 103 cm³/mol. The number of hydrogen-bond donors (Lipinski definition) is 1. The summed E-state index contributed by atoms with van der Waals surface area (Å²) in [6.07, 6.45) is 8.67. The molecule has 0 saturated heterocycles. The fourth-order valence-corrected chi connectivity index (χ4v) is 3.13. The SMILES string of the molecule is COc1ccc(CCNC(=O)CN(CCC2=CCCCC2)C(C)=O)cc1. The highest BCUT2D eigenvalue weighted by Gasteiger charge is 2.14. The average Bonchev–Trinajstić information content (AvgIpc) is 2.66. The highest BCUT2D eigenvalue weighted by Crippen LogP contribution is 2.20. The topological polar surface area (TPSA) is 58.6 Å². The van der Waals surface area contributed by atoms with Gasteiger partial charge in [0, 0.05) is 20.0 Å². The van der Waals surface area contributed by atoms with Gasteiger partial charge in [0.25, 0.3) is 0 Å². The number of amides is 2. The van der Waals surface area contributed by atoms with E-state index in [1.54, 1.807) is 12.0 Å². The molecule has 0 bridgehead atoms. The zero-order chi connectivity index (χ0) is 18.8. The van der Waals surface area contributed by atoms with Crippen LogP contribution in [0.1, 0.15) is 44.6 Å². The first-order valence-electron chi connectivity index (χ1n) is 9.41. The number of carbonyl (C=O) groups excluding carboxylic acids is 2. The molecule has 0 aromatic heterocycles. The zero-order valence-corrected chi connectivity index (χ0v) is 15.9. The summed E-state index contributed by atoms with van der Waals surface area (Å²) in [5.74, 6) is 0.668. The minimum Gasteiger partial charge on any atom is -0.497 e. The molecular formula is C21H30N2O3. The predicted octanol–water partition coefficient (Wildman–Crippen LogP) is 3.09. The molecule has 1 aromatic rings. The first-order chi connectivity index (χ1) is 12.6. The Morgan fingerprint density at radius 2 is 1.92 bits per heavy atom. The van der Waals surface area contributed by atoms with Crippen molar-refractivity contribution in [2.24, 2.45) is 0 Å². The number of methoxy groups -OCH3 is 1. The van der Waals surface area contributed by atoms with Crippen LogP contribution in [-0.2, 0) is 16.0 Å². The van der Waals surface area contributed by atoms with Gasteiger partial charge in [-0.1, -0.05) is 23.8 Å². The zero-order valence-electron chi connectivity index (χ0n) is 15.9. The number of nitrogens with zero attached hydrogens (tertiary/aromatic N) is 1. The third kappa shape index (κ3) is 6.90. The fourth-order valence-electron chi connectivity index (χ4n) is 3.13. The van der Waals surface area contributed by atoms with Gasteiger partial charge in [-0.05, 0) is 56.2 Å². The van der Waals surface area contributed by atoms with E-state index >= 15 is 0 Å². The molecule has 0 unspecified atom stereocenters. The molecule has 1 aliphatic carbocycles. The van der Waals surface area contributed by atoms with Crippen LogP contribution in [0.15, 0.2) is 35.9 Å². The van der Waals surface area contributed by atoms with Crippen LogP contribution in [0.2, 0.25) is 0 Å². The van der Waals surface area contributed by atoms with Gasteiger partial charge >= 0.3 is 0 Å². The van der Waals surface area contributed by atoms with Gasteiger partial charge in [-0.15, -0.1) is 0 Å². The molecule has 1 N–H and O–H groups in total. The maximum absolute atomic E-state index is 12.2. The van der Waals surface area contributed by atoms with Crippen LogP contribution < -0.4 is 10.1 Å². The van der Waals surface area contributed by atoms with Crippen LogP contribution in [0, 0.1) is 0 Å². The van der Waals surface area contributed by atoms with E-state index in [4.69, 9.17) is 4.74 Å². The summed E-state index contributed by atoms with van der Waals surface area (Å²) in [5.41, 5.74) is 2.56. The number of hydrogen-bond acceptors (Lipinski definition) is 3. The van der Waals surface area contributed by atoms with E-state index in [-0.39, 0.29) is 18.4 Å². The maximum atomic E-state index is 12.2. The first kappa shape index (κ1) is 20.0. The van der Waals surface area contributed by atoms with Crippen molar-refractivity contribution in [3.63, 3.8) is 0 Å². The molecule has 0 heterocycles. The van der Waals surface area contributed by atoms with Crippen LogP contribution in [0.3, 0.4) is 0 Å². The van der Waals surface area contributed by atoms with Crippen molar-refractivity contribution in [2.75, 3.05) is 26.7 Å². The summed E-state index contributed by atoms with van der Waals surface area (Å²) >= 11 is 0. The van der Waals surface area contributed by atoms with Gasteiger partial charge in [0.05, 0.1) is 13.7 Å². The molecule has 2 amide bonds. The average molecular weight is 358 g/mol. The number of allylic oxidation sites excluding steroid dienone is 1.